The summed E-state index contributed by atoms with van der Waals surface area (Å²) in [7, 11) is 1.81. The highest BCUT2D eigenvalue weighted by Crippen LogP contribution is 2.33. The number of hydrogen-bond donors (Lipinski definition) is 1. The highest BCUT2D eigenvalue weighted by molar-refractivity contribution is 4.93. The first-order valence-electron chi connectivity index (χ1n) is 6.99. The fourth-order valence-electron chi connectivity index (χ4n) is 3.07. The van der Waals surface area contributed by atoms with Crippen LogP contribution >= 0.6 is 0 Å². The minimum atomic E-state index is 0.393. The van der Waals surface area contributed by atoms with Gasteiger partial charge in [0.15, 0.2) is 0 Å². The van der Waals surface area contributed by atoms with E-state index in [9.17, 15) is 0 Å². The van der Waals surface area contributed by atoms with Crippen molar-refractivity contribution in [2.75, 3.05) is 20.3 Å². The molecule has 1 N–H and O–H groups in total. The zero-order chi connectivity index (χ0) is 11.9. The topological polar surface area (TPSA) is 21.3 Å². The average molecular weight is 227 g/mol. The van der Waals surface area contributed by atoms with Gasteiger partial charge in [0.05, 0.1) is 0 Å². The Hall–Kier alpha value is -0.0800. The molecule has 0 radical (unpaired) electrons. The molecule has 0 aromatic heterocycles. The first-order valence-corrected chi connectivity index (χ1v) is 6.99. The molecule has 2 nitrogen and oxygen atoms in total. The van der Waals surface area contributed by atoms with Gasteiger partial charge in [0, 0.05) is 19.3 Å². The fourth-order valence-corrected chi connectivity index (χ4v) is 3.07. The highest BCUT2D eigenvalue weighted by atomic mass is 16.5. The third-order valence-corrected chi connectivity index (χ3v) is 4.17. The van der Waals surface area contributed by atoms with Gasteiger partial charge in [-0.2, -0.15) is 0 Å². The maximum Gasteiger partial charge on any atom is 0.0465 e. The van der Waals surface area contributed by atoms with Crippen LogP contribution in [-0.2, 0) is 4.74 Å². The minimum Gasteiger partial charge on any atom is -0.385 e. The Bertz CT molecular complexity index is 174. The van der Waals surface area contributed by atoms with Crippen LogP contribution in [0.3, 0.4) is 0 Å². The van der Waals surface area contributed by atoms with Gasteiger partial charge in [-0.15, -0.1) is 0 Å². The molecule has 0 aromatic carbocycles. The largest absolute Gasteiger partial charge is 0.385 e. The van der Waals surface area contributed by atoms with E-state index in [-0.39, 0.29) is 0 Å². The molecule has 0 saturated carbocycles. The van der Waals surface area contributed by atoms with Crippen LogP contribution < -0.4 is 5.32 Å². The number of hydrogen-bond acceptors (Lipinski definition) is 2. The van der Waals surface area contributed by atoms with E-state index in [1.54, 1.807) is 7.11 Å². The molecule has 2 atom stereocenters. The van der Waals surface area contributed by atoms with Crippen LogP contribution in [0.5, 0.6) is 0 Å². The number of rotatable bonds is 6. The summed E-state index contributed by atoms with van der Waals surface area (Å²) >= 11 is 0. The summed E-state index contributed by atoms with van der Waals surface area (Å²) in [6.07, 6.45) is 9.28. The van der Waals surface area contributed by atoms with Gasteiger partial charge in [-0.05, 0) is 38.1 Å². The van der Waals surface area contributed by atoms with Crippen LogP contribution in [0, 0.1) is 5.92 Å². The summed E-state index contributed by atoms with van der Waals surface area (Å²) in [5.41, 5.74) is 0.393. The molecule has 0 aromatic rings. The predicted molar refractivity (Wildman–Crippen MR) is 69.8 cm³/mol. The Balaban J connectivity index is 2.60. The predicted octanol–water partition coefficient (Wildman–Crippen LogP) is 3.36. The van der Waals surface area contributed by atoms with E-state index in [2.05, 4.69) is 19.2 Å². The van der Waals surface area contributed by atoms with Crippen LogP contribution in [0.1, 0.15) is 58.8 Å². The SMILES string of the molecule is CCCC1(C(C)CCOC)CCCCCN1. The number of nitrogens with one attached hydrogen (secondary N) is 1. The van der Waals surface area contributed by atoms with E-state index >= 15 is 0 Å². The maximum absolute atomic E-state index is 5.23. The molecular weight excluding hydrogens is 198 g/mol. The third kappa shape index (κ3) is 3.74. The van der Waals surface area contributed by atoms with Gasteiger partial charge in [0.1, 0.15) is 0 Å². The molecule has 2 unspecified atom stereocenters. The van der Waals surface area contributed by atoms with Crippen molar-refractivity contribution >= 4 is 0 Å². The first-order chi connectivity index (χ1) is 7.75. The average Bonchev–Trinajstić information content (AvgIpc) is 2.53. The van der Waals surface area contributed by atoms with Gasteiger partial charge in [0.2, 0.25) is 0 Å². The minimum absolute atomic E-state index is 0.393. The summed E-state index contributed by atoms with van der Waals surface area (Å²) in [5, 5.41) is 3.85. The quantitative estimate of drug-likeness (QED) is 0.751. The molecule has 0 aliphatic carbocycles. The van der Waals surface area contributed by atoms with Crippen LogP contribution in [-0.4, -0.2) is 25.8 Å². The smallest absolute Gasteiger partial charge is 0.0465 e. The molecule has 0 spiro atoms. The normalized spacial score (nSPS) is 28.7. The van der Waals surface area contributed by atoms with Crippen molar-refractivity contribution in [2.45, 2.75) is 64.3 Å². The fraction of sp³-hybridized carbons (Fsp3) is 1.00. The van der Waals surface area contributed by atoms with E-state index in [1.807, 2.05) is 0 Å². The van der Waals surface area contributed by atoms with Crippen molar-refractivity contribution in [3.63, 3.8) is 0 Å². The Morgan fingerprint density at radius 1 is 1.31 bits per heavy atom. The highest BCUT2D eigenvalue weighted by Gasteiger charge is 2.34. The zero-order valence-corrected chi connectivity index (χ0v) is 11.3. The lowest BCUT2D eigenvalue weighted by molar-refractivity contribution is 0.129. The number of ether oxygens (including phenoxy) is 1. The molecule has 1 fully saturated rings. The summed E-state index contributed by atoms with van der Waals surface area (Å²) in [5.74, 6) is 0.727. The van der Waals surface area contributed by atoms with Gasteiger partial charge in [-0.3, -0.25) is 0 Å². The second-order valence-electron chi connectivity index (χ2n) is 5.33. The van der Waals surface area contributed by atoms with Gasteiger partial charge in [-0.1, -0.05) is 33.1 Å². The van der Waals surface area contributed by atoms with Gasteiger partial charge in [0.25, 0.3) is 0 Å². The first kappa shape index (κ1) is 14.0. The molecule has 2 heteroatoms. The van der Waals surface area contributed by atoms with Crippen molar-refractivity contribution in [2.24, 2.45) is 5.92 Å². The van der Waals surface area contributed by atoms with Crippen molar-refractivity contribution in [1.82, 2.24) is 5.32 Å². The van der Waals surface area contributed by atoms with Crippen molar-refractivity contribution in [1.29, 1.82) is 0 Å². The molecule has 1 rings (SSSR count). The summed E-state index contributed by atoms with van der Waals surface area (Å²) in [6, 6.07) is 0. The molecule has 96 valence electrons. The van der Waals surface area contributed by atoms with Gasteiger partial charge < -0.3 is 10.1 Å². The van der Waals surface area contributed by atoms with E-state index in [0.717, 1.165) is 12.5 Å². The monoisotopic (exact) mass is 227 g/mol. The molecule has 0 bridgehead atoms. The van der Waals surface area contributed by atoms with E-state index in [0.29, 0.717) is 5.54 Å². The molecule has 1 aliphatic rings. The number of methoxy groups -OCH3 is 1. The van der Waals surface area contributed by atoms with E-state index in [1.165, 1.54) is 51.5 Å². The molecule has 1 aliphatic heterocycles. The zero-order valence-electron chi connectivity index (χ0n) is 11.3. The lowest BCUT2D eigenvalue weighted by atomic mass is 9.76. The van der Waals surface area contributed by atoms with Crippen LogP contribution in [0.4, 0.5) is 0 Å². The lowest BCUT2D eigenvalue weighted by Gasteiger charge is -2.39. The Kier molecular flexibility index (Phi) is 6.37. The van der Waals surface area contributed by atoms with Gasteiger partial charge in [-0.25, -0.2) is 0 Å². The second-order valence-corrected chi connectivity index (χ2v) is 5.33. The summed E-state index contributed by atoms with van der Waals surface area (Å²) in [4.78, 5) is 0. The second kappa shape index (κ2) is 7.29. The third-order valence-electron chi connectivity index (χ3n) is 4.17. The van der Waals surface area contributed by atoms with E-state index < -0.39 is 0 Å². The van der Waals surface area contributed by atoms with Gasteiger partial charge >= 0.3 is 0 Å². The van der Waals surface area contributed by atoms with E-state index in [4.69, 9.17) is 4.74 Å². The van der Waals surface area contributed by atoms with Crippen molar-refractivity contribution in [3.05, 3.63) is 0 Å². The standard InChI is InChI=1S/C14H29NO/c1-4-9-14(13(2)8-12-16-3)10-6-5-7-11-15-14/h13,15H,4-12H2,1-3H3. The van der Waals surface area contributed by atoms with Crippen LogP contribution in [0.25, 0.3) is 0 Å². The van der Waals surface area contributed by atoms with Crippen LogP contribution in [0.2, 0.25) is 0 Å². The molecule has 1 saturated heterocycles. The van der Waals surface area contributed by atoms with Crippen molar-refractivity contribution in [3.8, 4) is 0 Å². The Labute approximate surface area is 101 Å². The lowest BCUT2D eigenvalue weighted by Crippen LogP contribution is -2.50. The maximum atomic E-state index is 5.23. The molecule has 0 amide bonds. The van der Waals surface area contributed by atoms with Crippen LogP contribution in [0.15, 0.2) is 0 Å². The molecule has 16 heavy (non-hydrogen) atoms. The Morgan fingerprint density at radius 2 is 2.12 bits per heavy atom. The molecular formula is C14H29NO. The van der Waals surface area contributed by atoms with Crippen molar-refractivity contribution < 1.29 is 4.74 Å². The Morgan fingerprint density at radius 3 is 2.81 bits per heavy atom. The summed E-state index contributed by atoms with van der Waals surface area (Å²) < 4.78 is 5.23. The molecule has 1 heterocycles. The summed E-state index contributed by atoms with van der Waals surface area (Å²) in [6.45, 7) is 6.80.